The standard InChI is InChI=1S/C16H19N5O2/c1-10-13(12(3)21-16(20-10)17-9-18-21)6-7-15(22)19-11(2)14-5-4-8-23-14/h4-5,8-9,11H,6-7H2,1-3H3,(H,19,22)/t11-/m1/s1. The van der Waals surface area contributed by atoms with Gasteiger partial charge in [-0.25, -0.2) is 9.50 Å². The third kappa shape index (κ3) is 3.08. The first kappa shape index (κ1) is 15.2. The quantitative estimate of drug-likeness (QED) is 0.780. The highest BCUT2D eigenvalue weighted by atomic mass is 16.3. The van der Waals surface area contributed by atoms with Crippen LogP contribution >= 0.6 is 0 Å². The van der Waals surface area contributed by atoms with Gasteiger partial charge in [0.1, 0.15) is 12.1 Å². The maximum atomic E-state index is 12.2. The summed E-state index contributed by atoms with van der Waals surface area (Å²) < 4.78 is 6.99. The van der Waals surface area contributed by atoms with Gasteiger partial charge in [0.15, 0.2) is 0 Å². The molecule has 3 rings (SSSR count). The summed E-state index contributed by atoms with van der Waals surface area (Å²) in [5, 5.41) is 7.10. The zero-order chi connectivity index (χ0) is 16.4. The number of aromatic nitrogens is 4. The Morgan fingerprint density at radius 2 is 2.26 bits per heavy atom. The van der Waals surface area contributed by atoms with Crippen LogP contribution in [-0.4, -0.2) is 25.5 Å². The normalized spacial score (nSPS) is 12.5. The second-order valence-corrected chi connectivity index (χ2v) is 5.54. The summed E-state index contributed by atoms with van der Waals surface area (Å²) in [5.41, 5.74) is 2.88. The van der Waals surface area contributed by atoms with Gasteiger partial charge >= 0.3 is 0 Å². The fourth-order valence-electron chi connectivity index (χ4n) is 2.68. The number of aryl methyl sites for hydroxylation is 2. The molecule has 3 aromatic heterocycles. The van der Waals surface area contributed by atoms with E-state index in [1.807, 2.05) is 32.9 Å². The number of hydrogen-bond donors (Lipinski definition) is 1. The van der Waals surface area contributed by atoms with E-state index in [1.165, 1.54) is 6.33 Å². The lowest BCUT2D eigenvalue weighted by Crippen LogP contribution is -2.26. The highest BCUT2D eigenvalue weighted by Crippen LogP contribution is 2.16. The van der Waals surface area contributed by atoms with Crippen LogP contribution in [-0.2, 0) is 11.2 Å². The molecule has 120 valence electrons. The Kier molecular flexibility index (Phi) is 4.10. The summed E-state index contributed by atoms with van der Waals surface area (Å²) in [5.74, 6) is 1.31. The first-order chi connectivity index (χ1) is 11.1. The molecule has 0 radical (unpaired) electrons. The van der Waals surface area contributed by atoms with Gasteiger partial charge in [0.25, 0.3) is 5.78 Å². The summed E-state index contributed by atoms with van der Waals surface area (Å²) in [6.07, 6.45) is 4.08. The molecule has 1 N–H and O–H groups in total. The molecule has 0 fully saturated rings. The zero-order valence-electron chi connectivity index (χ0n) is 13.4. The third-order valence-electron chi connectivity index (χ3n) is 3.94. The zero-order valence-corrected chi connectivity index (χ0v) is 13.4. The number of furan rings is 1. The molecule has 7 heteroatoms. The van der Waals surface area contributed by atoms with Crippen molar-refractivity contribution in [1.29, 1.82) is 0 Å². The molecule has 0 aliphatic rings. The molecular formula is C16H19N5O2. The fourth-order valence-corrected chi connectivity index (χ4v) is 2.68. The van der Waals surface area contributed by atoms with Crippen molar-refractivity contribution in [1.82, 2.24) is 24.9 Å². The van der Waals surface area contributed by atoms with Crippen molar-refractivity contribution in [2.45, 2.75) is 39.7 Å². The van der Waals surface area contributed by atoms with Gasteiger partial charge in [-0.05, 0) is 44.9 Å². The molecule has 0 spiro atoms. The summed E-state index contributed by atoms with van der Waals surface area (Å²) in [6, 6.07) is 3.52. The first-order valence-electron chi connectivity index (χ1n) is 7.55. The van der Waals surface area contributed by atoms with Crippen molar-refractivity contribution in [2.75, 3.05) is 0 Å². The maximum absolute atomic E-state index is 12.2. The van der Waals surface area contributed by atoms with E-state index < -0.39 is 0 Å². The van der Waals surface area contributed by atoms with Crippen LogP contribution < -0.4 is 5.32 Å². The first-order valence-corrected chi connectivity index (χ1v) is 7.55. The van der Waals surface area contributed by atoms with Crippen molar-refractivity contribution in [3.8, 4) is 0 Å². The van der Waals surface area contributed by atoms with Gasteiger partial charge in [-0.1, -0.05) is 0 Å². The molecule has 0 bridgehead atoms. The van der Waals surface area contributed by atoms with E-state index in [2.05, 4.69) is 20.4 Å². The van der Waals surface area contributed by atoms with Gasteiger partial charge in [0.2, 0.25) is 5.91 Å². The van der Waals surface area contributed by atoms with Gasteiger partial charge < -0.3 is 9.73 Å². The molecule has 0 unspecified atom stereocenters. The Labute approximate surface area is 133 Å². The van der Waals surface area contributed by atoms with E-state index in [0.29, 0.717) is 18.6 Å². The number of fused-ring (bicyclic) bond motifs is 1. The molecule has 23 heavy (non-hydrogen) atoms. The van der Waals surface area contributed by atoms with E-state index >= 15 is 0 Å². The molecule has 0 aromatic carbocycles. The predicted octanol–water partition coefficient (Wildman–Crippen LogP) is 2.14. The van der Waals surface area contributed by atoms with Gasteiger partial charge in [0.05, 0.1) is 12.3 Å². The largest absolute Gasteiger partial charge is 0.467 e. The Morgan fingerprint density at radius 1 is 1.43 bits per heavy atom. The number of nitrogens with one attached hydrogen (secondary N) is 1. The smallest absolute Gasteiger partial charge is 0.252 e. The van der Waals surface area contributed by atoms with Crippen LogP contribution in [0.3, 0.4) is 0 Å². The molecule has 7 nitrogen and oxygen atoms in total. The highest BCUT2D eigenvalue weighted by molar-refractivity contribution is 5.76. The van der Waals surface area contributed by atoms with Gasteiger partial charge in [-0.3, -0.25) is 4.79 Å². The van der Waals surface area contributed by atoms with Crippen LogP contribution in [0.4, 0.5) is 0 Å². The van der Waals surface area contributed by atoms with E-state index in [1.54, 1.807) is 10.8 Å². The monoisotopic (exact) mass is 313 g/mol. The molecule has 0 saturated carbocycles. The summed E-state index contributed by atoms with van der Waals surface area (Å²) in [6.45, 7) is 5.80. The van der Waals surface area contributed by atoms with Crippen LogP contribution in [0.1, 0.15) is 42.1 Å². The third-order valence-corrected chi connectivity index (χ3v) is 3.94. The maximum Gasteiger partial charge on any atom is 0.252 e. The Hall–Kier alpha value is -2.70. The van der Waals surface area contributed by atoms with Crippen LogP contribution in [0.5, 0.6) is 0 Å². The van der Waals surface area contributed by atoms with Crippen molar-refractivity contribution >= 4 is 11.7 Å². The van der Waals surface area contributed by atoms with Crippen LogP contribution in [0.25, 0.3) is 5.78 Å². The van der Waals surface area contributed by atoms with Crippen molar-refractivity contribution < 1.29 is 9.21 Å². The van der Waals surface area contributed by atoms with Crippen molar-refractivity contribution in [3.05, 3.63) is 47.4 Å². The van der Waals surface area contributed by atoms with E-state index in [9.17, 15) is 4.79 Å². The summed E-state index contributed by atoms with van der Waals surface area (Å²) in [4.78, 5) is 20.7. The number of carbonyl (C=O) groups excluding carboxylic acids is 1. The molecule has 1 atom stereocenters. The van der Waals surface area contributed by atoms with Gasteiger partial charge in [0, 0.05) is 17.8 Å². The Bertz CT molecular complexity index is 822. The van der Waals surface area contributed by atoms with Gasteiger partial charge in [-0.15, -0.1) is 0 Å². The molecular weight excluding hydrogens is 294 g/mol. The van der Waals surface area contributed by atoms with Crippen LogP contribution in [0, 0.1) is 13.8 Å². The lowest BCUT2D eigenvalue weighted by atomic mass is 10.1. The second kappa shape index (κ2) is 6.20. The molecule has 0 aliphatic heterocycles. The highest BCUT2D eigenvalue weighted by Gasteiger charge is 2.15. The molecule has 3 aromatic rings. The number of hydrogen-bond acceptors (Lipinski definition) is 5. The average molecular weight is 313 g/mol. The predicted molar refractivity (Wildman–Crippen MR) is 83.8 cm³/mol. The lowest BCUT2D eigenvalue weighted by Gasteiger charge is -2.13. The van der Waals surface area contributed by atoms with E-state index in [4.69, 9.17) is 4.42 Å². The van der Waals surface area contributed by atoms with Crippen LogP contribution in [0.15, 0.2) is 29.1 Å². The van der Waals surface area contributed by atoms with Gasteiger partial charge in [-0.2, -0.15) is 10.1 Å². The topological polar surface area (TPSA) is 85.3 Å². The minimum atomic E-state index is -0.143. The molecule has 0 aliphatic carbocycles. The minimum absolute atomic E-state index is 0.0219. The van der Waals surface area contributed by atoms with Crippen molar-refractivity contribution in [3.63, 3.8) is 0 Å². The fraction of sp³-hybridized carbons (Fsp3) is 0.375. The Balaban J connectivity index is 1.67. The van der Waals surface area contributed by atoms with E-state index in [-0.39, 0.29) is 11.9 Å². The number of carbonyl (C=O) groups is 1. The Morgan fingerprint density at radius 3 is 3.00 bits per heavy atom. The number of amides is 1. The molecule has 1 amide bonds. The summed E-state index contributed by atoms with van der Waals surface area (Å²) in [7, 11) is 0. The second-order valence-electron chi connectivity index (χ2n) is 5.54. The number of rotatable bonds is 5. The molecule has 0 saturated heterocycles. The number of nitrogens with zero attached hydrogens (tertiary/aromatic N) is 4. The van der Waals surface area contributed by atoms with E-state index in [0.717, 1.165) is 22.7 Å². The van der Waals surface area contributed by atoms with Crippen LogP contribution in [0.2, 0.25) is 0 Å². The lowest BCUT2D eigenvalue weighted by molar-refractivity contribution is -0.121. The van der Waals surface area contributed by atoms with Crippen molar-refractivity contribution in [2.24, 2.45) is 0 Å². The molecule has 3 heterocycles. The summed E-state index contributed by atoms with van der Waals surface area (Å²) >= 11 is 0. The SMILES string of the molecule is Cc1nc2ncnn2c(C)c1CCC(=O)N[C@H](C)c1ccco1. The minimum Gasteiger partial charge on any atom is -0.467 e. The average Bonchev–Trinajstić information content (AvgIpc) is 3.18.